The molecule has 0 saturated carbocycles. The highest BCUT2D eigenvalue weighted by molar-refractivity contribution is 5.76. The number of nitrogens with zero attached hydrogens (tertiary/aromatic N) is 1. The summed E-state index contributed by atoms with van der Waals surface area (Å²) in [6, 6.07) is -0.137. The van der Waals surface area contributed by atoms with Crippen molar-refractivity contribution in [3.05, 3.63) is 0 Å². The molecule has 18 heavy (non-hydrogen) atoms. The lowest BCUT2D eigenvalue weighted by atomic mass is 10.1. The van der Waals surface area contributed by atoms with E-state index in [1.807, 2.05) is 20.8 Å². The summed E-state index contributed by atoms with van der Waals surface area (Å²) in [5.41, 5.74) is -0.432. The van der Waals surface area contributed by atoms with Gasteiger partial charge in [-0.3, -0.25) is 9.69 Å². The van der Waals surface area contributed by atoms with Crippen molar-refractivity contribution in [2.75, 3.05) is 32.9 Å². The minimum atomic E-state index is -0.432. The van der Waals surface area contributed by atoms with Crippen molar-refractivity contribution in [1.82, 2.24) is 4.90 Å². The number of aliphatic hydroxyl groups is 1. The van der Waals surface area contributed by atoms with E-state index in [0.29, 0.717) is 19.8 Å². The smallest absolute Gasteiger partial charge is 0.323 e. The van der Waals surface area contributed by atoms with Gasteiger partial charge >= 0.3 is 5.97 Å². The lowest BCUT2D eigenvalue weighted by Gasteiger charge is -2.27. The van der Waals surface area contributed by atoms with E-state index >= 15 is 0 Å². The minimum absolute atomic E-state index is 0.0372. The summed E-state index contributed by atoms with van der Waals surface area (Å²) in [7, 11) is 0. The van der Waals surface area contributed by atoms with Crippen LogP contribution >= 0.6 is 0 Å². The van der Waals surface area contributed by atoms with Crippen molar-refractivity contribution in [2.24, 2.45) is 0 Å². The highest BCUT2D eigenvalue weighted by Gasteiger charge is 2.33. The number of esters is 1. The van der Waals surface area contributed by atoms with Crippen LogP contribution in [-0.2, 0) is 14.3 Å². The van der Waals surface area contributed by atoms with Gasteiger partial charge in [-0.15, -0.1) is 0 Å². The molecule has 1 saturated heterocycles. The monoisotopic (exact) mass is 259 g/mol. The van der Waals surface area contributed by atoms with Crippen LogP contribution in [0.4, 0.5) is 0 Å². The fourth-order valence-corrected chi connectivity index (χ4v) is 2.08. The van der Waals surface area contributed by atoms with Crippen molar-refractivity contribution in [3.63, 3.8) is 0 Å². The summed E-state index contributed by atoms with van der Waals surface area (Å²) >= 11 is 0. The molecule has 0 aromatic rings. The summed E-state index contributed by atoms with van der Waals surface area (Å²) in [5, 5.41) is 8.61. The van der Waals surface area contributed by atoms with Crippen LogP contribution in [0.3, 0.4) is 0 Å². The molecule has 1 atom stereocenters. The van der Waals surface area contributed by atoms with Crippen molar-refractivity contribution in [3.8, 4) is 0 Å². The second-order valence-electron chi connectivity index (χ2n) is 5.56. The molecule has 0 spiro atoms. The fourth-order valence-electron chi connectivity index (χ4n) is 2.08. The molecule has 1 N–H and O–H groups in total. The quantitative estimate of drug-likeness (QED) is 0.565. The van der Waals surface area contributed by atoms with Crippen LogP contribution < -0.4 is 0 Å². The predicted molar refractivity (Wildman–Crippen MR) is 68.3 cm³/mol. The van der Waals surface area contributed by atoms with Gasteiger partial charge in [-0.2, -0.15) is 0 Å². The number of likely N-dealkylation sites (tertiary alicyclic amines) is 1. The zero-order chi connectivity index (χ0) is 13.6. The van der Waals surface area contributed by atoms with Crippen LogP contribution in [0.5, 0.6) is 0 Å². The first-order valence-corrected chi connectivity index (χ1v) is 6.59. The van der Waals surface area contributed by atoms with Gasteiger partial charge in [0.2, 0.25) is 0 Å². The standard InChI is InChI=1S/C13H25NO4/c1-13(2,3)18-12(16)11-5-4-6-14(11)7-9-17-10-8-15/h11,15H,4-10H2,1-3H3/t11-/m1/s1. The third-order valence-corrected chi connectivity index (χ3v) is 2.80. The van der Waals surface area contributed by atoms with Crippen molar-refractivity contribution in [1.29, 1.82) is 0 Å². The Kier molecular flexibility index (Phi) is 6.05. The Morgan fingerprint density at radius 2 is 2.11 bits per heavy atom. The van der Waals surface area contributed by atoms with Crippen molar-refractivity contribution >= 4 is 5.97 Å². The number of carbonyl (C=O) groups is 1. The van der Waals surface area contributed by atoms with Crippen LogP contribution in [0, 0.1) is 0 Å². The van der Waals surface area contributed by atoms with Crippen molar-refractivity contribution in [2.45, 2.75) is 45.3 Å². The Morgan fingerprint density at radius 3 is 2.72 bits per heavy atom. The van der Waals surface area contributed by atoms with Gasteiger partial charge in [0.05, 0.1) is 19.8 Å². The van der Waals surface area contributed by atoms with Crippen LogP contribution in [0.1, 0.15) is 33.6 Å². The molecule has 5 heteroatoms. The highest BCUT2D eigenvalue weighted by Crippen LogP contribution is 2.20. The lowest BCUT2D eigenvalue weighted by Crippen LogP contribution is -2.41. The van der Waals surface area contributed by atoms with E-state index in [-0.39, 0.29) is 18.6 Å². The van der Waals surface area contributed by atoms with Gasteiger partial charge in [0.15, 0.2) is 0 Å². The molecular weight excluding hydrogens is 234 g/mol. The fraction of sp³-hybridized carbons (Fsp3) is 0.923. The maximum Gasteiger partial charge on any atom is 0.323 e. The normalized spacial score (nSPS) is 21.2. The van der Waals surface area contributed by atoms with Gasteiger partial charge in [0, 0.05) is 6.54 Å². The molecule has 1 aliphatic rings. The van der Waals surface area contributed by atoms with E-state index in [1.54, 1.807) is 0 Å². The Labute approximate surface area is 109 Å². The Morgan fingerprint density at radius 1 is 1.39 bits per heavy atom. The van der Waals surface area contributed by atoms with Gasteiger partial charge in [0.25, 0.3) is 0 Å². The van der Waals surface area contributed by atoms with Crippen LogP contribution in [0.2, 0.25) is 0 Å². The average molecular weight is 259 g/mol. The minimum Gasteiger partial charge on any atom is -0.459 e. The van der Waals surface area contributed by atoms with E-state index < -0.39 is 5.60 Å². The molecule has 1 aliphatic heterocycles. The first-order valence-electron chi connectivity index (χ1n) is 6.59. The molecule has 0 unspecified atom stereocenters. The largest absolute Gasteiger partial charge is 0.459 e. The zero-order valence-corrected chi connectivity index (χ0v) is 11.6. The second kappa shape index (κ2) is 7.07. The van der Waals surface area contributed by atoms with Crippen LogP contribution in [0.25, 0.3) is 0 Å². The Bertz CT molecular complexity index is 262. The van der Waals surface area contributed by atoms with E-state index in [4.69, 9.17) is 14.6 Å². The number of hydrogen-bond donors (Lipinski definition) is 1. The van der Waals surface area contributed by atoms with Crippen LogP contribution in [-0.4, -0.2) is 60.5 Å². The van der Waals surface area contributed by atoms with Gasteiger partial charge in [0.1, 0.15) is 11.6 Å². The maximum atomic E-state index is 12.0. The Balaban J connectivity index is 2.36. The van der Waals surface area contributed by atoms with Gasteiger partial charge < -0.3 is 14.6 Å². The first-order chi connectivity index (χ1) is 8.44. The van der Waals surface area contributed by atoms with Crippen LogP contribution in [0.15, 0.2) is 0 Å². The van der Waals surface area contributed by atoms with Gasteiger partial charge in [-0.1, -0.05) is 0 Å². The number of rotatable bonds is 6. The zero-order valence-electron chi connectivity index (χ0n) is 11.6. The molecule has 1 fully saturated rings. The van der Waals surface area contributed by atoms with Gasteiger partial charge in [-0.05, 0) is 40.2 Å². The molecule has 1 rings (SSSR count). The molecule has 0 aliphatic carbocycles. The van der Waals surface area contributed by atoms with Gasteiger partial charge in [-0.25, -0.2) is 0 Å². The summed E-state index contributed by atoms with van der Waals surface area (Å²) in [4.78, 5) is 14.1. The van der Waals surface area contributed by atoms with Crippen molar-refractivity contribution < 1.29 is 19.4 Å². The summed E-state index contributed by atoms with van der Waals surface area (Å²) in [5.74, 6) is -0.137. The van der Waals surface area contributed by atoms with E-state index in [9.17, 15) is 4.79 Å². The third kappa shape index (κ3) is 5.33. The highest BCUT2D eigenvalue weighted by atomic mass is 16.6. The number of ether oxygens (including phenoxy) is 2. The van der Waals surface area contributed by atoms with E-state index in [1.165, 1.54) is 0 Å². The number of carbonyl (C=O) groups excluding carboxylic acids is 1. The molecule has 0 bridgehead atoms. The summed E-state index contributed by atoms with van der Waals surface area (Å²) in [6.45, 7) is 8.20. The van der Waals surface area contributed by atoms with E-state index in [0.717, 1.165) is 19.4 Å². The molecular formula is C13H25NO4. The predicted octanol–water partition coefficient (Wildman–Crippen LogP) is 0.801. The second-order valence-corrected chi connectivity index (χ2v) is 5.56. The molecule has 0 amide bonds. The Hall–Kier alpha value is -0.650. The first kappa shape index (κ1) is 15.4. The maximum absolute atomic E-state index is 12.0. The number of aliphatic hydroxyl groups excluding tert-OH is 1. The molecule has 5 nitrogen and oxygen atoms in total. The molecule has 0 aromatic heterocycles. The molecule has 106 valence electrons. The lowest BCUT2D eigenvalue weighted by molar-refractivity contribution is -0.160. The molecule has 1 heterocycles. The average Bonchev–Trinajstić information content (AvgIpc) is 2.70. The summed E-state index contributed by atoms with van der Waals surface area (Å²) in [6.07, 6.45) is 1.87. The molecule has 0 aromatic carbocycles. The molecule has 0 radical (unpaired) electrons. The summed E-state index contributed by atoms with van der Waals surface area (Å²) < 4.78 is 10.6. The topological polar surface area (TPSA) is 59.0 Å². The third-order valence-electron chi connectivity index (χ3n) is 2.80. The number of hydrogen-bond acceptors (Lipinski definition) is 5. The SMILES string of the molecule is CC(C)(C)OC(=O)[C@H]1CCCN1CCOCCO. The van der Waals surface area contributed by atoms with E-state index in [2.05, 4.69) is 4.90 Å².